The number of likely N-dealkylation sites (N-methyl/N-ethyl adjacent to an activating group) is 1. The lowest BCUT2D eigenvalue weighted by Crippen LogP contribution is -2.40. The number of rotatable bonds is 5. The largest absolute Gasteiger partial charge is 0.396 e. The number of hydrogen-bond acceptors (Lipinski definition) is 2. The van der Waals surface area contributed by atoms with Gasteiger partial charge in [0, 0.05) is 25.6 Å². The molecular formula is C15H21NO2. The van der Waals surface area contributed by atoms with Crippen LogP contribution in [0.1, 0.15) is 25.8 Å². The molecule has 2 rings (SSSR count). The molecule has 3 heteroatoms. The highest BCUT2D eigenvalue weighted by Gasteiger charge is 2.61. The standard InChI is InChI=1S/C15H21NO2/c1-3-16(4-2)14(18)15(10-13(15)11-17)12-8-6-5-7-9-12/h5-9,13,17H,3-4,10-11H2,1-2H3/t13?,15-/m1/s1. The van der Waals surface area contributed by atoms with Crippen LogP contribution >= 0.6 is 0 Å². The summed E-state index contributed by atoms with van der Waals surface area (Å²) in [4.78, 5) is 14.5. The number of aliphatic hydroxyl groups is 1. The van der Waals surface area contributed by atoms with Gasteiger partial charge in [0.25, 0.3) is 0 Å². The van der Waals surface area contributed by atoms with E-state index in [2.05, 4.69) is 0 Å². The third-order valence-electron chi connectivity index (χ3n) is 4.05. The van der Waals surface area contributed by atoms with Crippen molar-refractivity contribution in [3.05, 3.63) is 35.9 Å². The van der Waals surface area contributed by atoms with Crippen molar-refractivity contribution in [1.29, 1.82) is 0 Å². The quantitative estimate of drug-likeness (QED) is 0.862. The van der Waals surface area contributed by atoms with E-state index in [1.807, 2.05) is 49.1 Å². The summed E-state index contributed by atoms with van der Waals surface area (Å²) in [5, 5.41) is 9.41. The smallest absolute Gasteiger partial charge is 0.233 e. The van der Waals surface area contributed by atoms with Crippen molar-refractivity contribution in [3.63, 3.8) is 0 Å². The lowest BCUT2D eigenvalue weighted by atomic mass is 9.91. The Balaban J connectivity index is 2.32. The minimum atomic E-state index is -0.470. The van der Waals surface area contributed by atoms with Crippen LogP contribution in [0.2, 0.25) is 0 Å². The SMILES string of the molecule is CCN(CC)C(=O)[C@@]1(c2ccccc2)CC1CO. The van der Waals surface area contributed by atoms with Crippen molar-refractivity contribution < 1.29 is 9.90 Å². The number of nitrogens with zero attached hydrogens (tertiary/aromatic N) is 1. The molecule has 3 nitrogen and oxygen atoms in total. The molecule has 1 aromatic carbocycles. The third kappa shape index (κ3) is 1.93. The van der Waals surface area contributed by atoms with Crippen LogP contribution in [-0.4, -0.2) is 35.6 Å². The Bertz CT molecular complexity index is 414. The Kier molecular flexibility index (Phi) is 3.71. The van der Waals surface area contributed by atoms with Crippen molar-refractivity contribution in [2.75, 3.05) is 19.7 Å². The molecule has 1 fully saturated rings. The summed E-state index contributed by atoms with van der Waals surface area (Å²) in [5.74, 6) is 0.241. The maximum absolute atomic E-state index is 12.7. The average molecular weight is 247 g/mol. The molecule has 0 aromatic heterocycles. The molecule has 0 spiro atoms. The summed E-state index contributed by atoms with van der Waals surface area (Å²) in [5.41, 5.74) is 0.572. The van der Waals surface area contributed by atoms with Gasteiger partial charge < -0.3 is 10.0 Å². The van der Waals surface area contributed by atoms with Gasteiger partial charge >= 0.3 is 0 Å². The van der Waals surface area contributed by atoms with Crippen molar-refractivity contribution in [3.8, 4) is 0 Å². The van der Waals surface area contributed by atoms with Gasteiger partial charge in [0.1, 0.15) is 0 Å². The molecule has 1 aliphatic rings. The summed E-state index contributed by atoms with van der Waals surface area (Å²) in [6.45, 7) is 5.53. The Labute approximate surface area is 108 Å². The molecule has 0 aliphatic heterocycles. The van der Waals surface area contributed by atoms with Crippen LogP contribution in [0.15, 0.2) is 30.3 Å². The van der Waals surface area contributed by atoms with Crippen LogP contribution in [0.25, 0.3) is 0 Å². The Hall–Kier alpha value is -1.35. The molecule has 1 saturated carbocycles. The normalized spacial score (nSPS) is 25.8. The van der Waals surface area contributed by atoms with Crippen LogP contribution in [0, 0.1) is 5.92 Å². The number of amides is 1. The summed E-state index contributed by atoms with van der Waals surface area (Å²) >= 11 is 0. The highest BCUT2D eigenvalue weighted by molar-refractivity contribution is 5.92. The summed E-state index contributed by atoms with van der Waals surface area (Å²) in [6.07, 6.45) is 0.767. The predicted octanol–water partition coefficient (Wildman–Crippen LogP) is 1.81. The van der Waals surface area contributed by atoms with Crippen LogP contribution < -0.4 is 0 Å². The second-order valence-corrected chi connectivity index (χ2v) is 4.90. The fourth-order valence-electron chi connectivity index (χ4n) is 2.82. The number of carbonyl (C=O) groups is 1. The van der Waals surface area contributed by atoms with Gasteiger partial charge in [0.2, 0.25) is 5.91 Å². The van der Waals surface area contributed by atoms with E-state index in [1.54, 1.807) is 0 Å². The summed E-state index contributed by atoms with van der Waals surface area (Å²) in [7, 11) is 0. The highest BCUT2D eigenvalue weighted by Crippen LogP contribution is 2.55. The molecule has 98 valence electrons. The molecule has 18 heavy (non-hydrogen) atoms. The van der Waals surface area contributed by atoms with E-state index < -0.39 is 5.41 Å². The highest BCUT2D eigenvalue weighted by atomic mass is 16.3. The number of carbonyl (C=O) groups excluding carboxylic acids is 1. The fraction of sp³-hybridized carbons (Fsp3) is 0.533. The predicted molar refractivity (Wildman–Crippen MR) is 71.2 cm³/mol. The zero-order valence-electron chi connectivity index (χ0n) is 11.1. The molecule has 1 unspecified atom stereocenters. The molecule has 2 atom stereocenters. The maximum atomic E-state index is 12.7. The number of aliphatic hydroxyl groups excluding tert-OH is 1. The van der Waals surface area contributed by atoms with Gasteiger partial charge in [-0.05, 0) is 25.8 Å². The molecule has 1 aliphatic carbocycles. The monoisotopic (exact) mass is 247 g/mol. The first kappa shape index (κ1) is 13.1. The molecule has 1 aromatic rings. The number of hydrogen-bond donors (Lipinski definition) is 1. The third-order valence-corrected chi connectivity index (χ3v) is 4.05. The van der Waals surface area contributed by atoms with Crippen LogP contribution in [0.5, 0.6) is 0 Å². The lowest BCUT2D eigenvalue weighted by Gasteiger charge is -2.26. The van der Waals surface area contributed by atoms with Crippen molar-refractivity contribution >= 4 is 5.91 Å². The van der Waals surface area contributed by atoms with Gasteiger partial charge in [-0.1, -0.05) is 30.3 Å². The van der Waals surface area contributed by atoms with E-state index in [0.717, 1.165) is 25.1 Å². The molecule has 0 heterocycles. The minimum Gasteiger partial charge on any atom is -0.396 e. The first-order valence-corrected chi connectivity index (χ1v) is 6.66. The van der Waals surface area contributed by atoms with E-state index >= 15 is 0 Å². The Morgan fingerprint density at radius 3 is 2.39 bits per heavy atom. The molecule has 0 radical (unpaired) electrons. The number of benzene rings is 1. The van der Waals surface area contributed by atoms with E-state index in [4.69, 9.17) is 0 Å². The summed E-state index contributed by atoms with van der Waals surface area (Å²) < 4.78 is 0. The van der Waals surface area contributed by atoms with Crippen molar-refractivity contribution in [2.45, 2.75) is 25.7 Å². The molecular weight excluding hydrogens is 226 g/mol. The lowest BCUT2D eigenvalue weighted by molar-refractivity contribution is -0.134. The van der Waals surface area contributed by atoms with E-state index in [0.29, 0.717) is 0 Å². The van der Waals surface area contributed by atoms with E-state index in [1.165, 1.54) is 0 Å². The van der Waals surface area contributed by atoms with Gasteiger partial charge in [0.05, 0.1) is 5.41 Å². The van der Waals surface area contributed by atoms with Crippen LogP contribution in [0.3, 0.4) is 0 Å². The average Bonchev–Trinajstić information content (AvgIpc) is 3.17. The van der Waals surface area contributed by atoms with Gasteiger partial charge in [-0.25, -0.2) is 0 Å². The zero-order chi connectivity index (χ0) is 13.2. The Morgan fingerprint density at radius 1 is 1.33 bits per heavy atom. The summed E-state index contributed by atoms with van der Waals surface area (Å²) in [6, 6.07) is 9.86. The molecule has 1 N–H and O–H groups in total. The van der Waals surface area contributed by atoms with Gasteiger partial charge in [-0.2, -0.15) is 0 Å². The topological polar surface area (TPSA) is 40.5 Å². The second kappa shape index (κ2) is 5.11. The van der Waals surface area contributed by atoms with Crippen LogP contribution in [-0.2, 0) is 10.2 Å². The van der Waals surface area contributed by atoms with Gasteiger partial charge in [-0.3, -0.25) is 4.79 Å². The van der Waals surface area contributed by atoms with Crippen molar-refractivity contribution in [1.82, 2.24) is 4.90 Å². The molecule has 0 bridgehead atoms. The zero-order valence-corrected chi connectivity index (χ0v) is 11.1. The first-order chi connectivity index (χ1) is 8.70. The molecule has 1 amide bonds. The van der Waals surface area contributed by atoms with Crippen molar-refractivity contribution in [2.24, 2.45) is 5.92 Å². The first-order valence-electron chi connectivity index (χ1n) is 6.66. The van der Waals surface area contributed by atoms with Gasteiger partial charge in [0.15, 0.2) is 0 Å². The Morgan fingerprint density at radius 2 is 1.94 bits per heavy atom. The molecule has 0 saturated heterocycles. The second-order valence-electron chi connectivity index (χ2n) is 4.90. The minimum absolute atomic E-state index is 0.0769. The van der Waals surface area contributed by atoms with Gasteiger partial charge in [-0.15, -0.1) is 0 Å². The van der Waals surface area contributed by atoms with E-state index in [9.17, 15) is 9.90 Å². The van der Waals surface area contributed by atoms with Crippen LogP contribution in [0.4, 0.5) is 0 Å². The fourth-order valence-corrected chi connectivity index (χ4v) is 2.82. The maximum Gasteiger partial charge on any atom is 0.233 e. The van der Waals surface area contributed by atoms with E-state index in [-0.39, 0.29) is 18.4 Å².